The molecule has 1 aromatic rings. The molecule has 2 aliphatic rings. The number of hydrogen-bond acceptors (Lipinski definition) is 3. The zero-order valence-corrected chi connectivity index (χ0v) is 13.1. The van der Waals surface area contributed by atoms with E-state index in [1.807, 2.05) is 6.07 Å². The molecule has 0 unspecified atom stereocenters. The van der Waals surface area contributed by atoms with E-state index in [-0.39, 0.29) is 5.41 Å². The van der Waals surface area contributed by atoms with Crippen molar-refractivity contribution >= 4 is 5.78 Å². The van der Waals surface area contributed by atoms with Crippen LogP contribution in [0.4, 0.5) is 0 Å². The molecule has 0 atom stereocenters. The Morgan fingerprint density at radius 3 is 2.76 bits per heavy atom. The molecule has 1 saturated carbocycles. The number of aromatic nitrogens is 2. The first-order chi connectivity index (χ1) is 10.2. The van der Waals surface area contributed by atoms with Crippen LogP contribution in [0.5, 0.6) is 0 Å². The molecule has 21 heavy (non-hydrogen) atoms. The van der Waals surface area contributed by atoms with Gasteiger partial charge in [0, 0.05) is 11.6 Å². The lowest BCUT2D eigenvalue weighted by molar-refractivity contribution is -0.128. The summed E-state index contributed by atoms with van der Waals surface area (Å²) in [6.07, 6.45) is 10.9. The lowest BCUT2D eigenvalue weighted by Crippen LogP contribution is -2.40. The van der Waals surface area contributed by atoms with E-state index < -0.39 is 0 Å². The van der Waals surface area contributed by atoms with E-state index in [0.717, 1.165) is 31.6 Å². The van der Waals surface area contributed by atoms with Gasteiger partial charge in [0.05, 0.1) is 18.2 Å². The van der Waals surface area contributed by atoms with Gasteiger partial charge in [-0.1, -0.05) is 26.2 Å². The minimum atomic E-state index is -0.153. The smallest absolute Gasteiger partial charge is 0.144 e. The van der Waals surface area contributed by atoms with Crippen LogP contribution >= 0.6 is 0 Å². The Labute approximate surface area is 127 Å². The topological polar surface area (TPSA) is 46.9 Å². The molecule has 2 fully saturated rings. The zero-order chi connectivity index (χ0) is 14.7. The third-order valence-corrected chi connectivity index (χ3v) is 5.33. The standard InChI is InChI=1S/C17H27N3O/c1-17(8-10-18-11-9-17)16(21)13-14-7-12-20(19-14)15-5-3-2-4-6-15/h7,12,15,18H,2-6,8-11,13H2,1H3. The number of carbonyl (C=O) groups is 1. The average molecular weight is 289 g/mol. The summed E-state index contributed by atoms with van der Waals surface area (Å²) in [7, 11) is 0. The predicted octanol–water partition coefficient (Wildman–Crippen LogP) is 2.89. The van der Waals surface area contributed by atoms with E-state index in [2.05, 4.69) is 28.2 Å². The second-order valence-corrected chi connectivity index (χ2v) is 6.99. The van der Waals surface area contributed by atoms with Crippen LogP contribution in [0.1, 0.15) is 63.6 Å². The minimum Gasteiger partial charge on any atom is -0.317 e. The number of rotatable bonds is 4. The number of nitrogens with zero attached hydrogens (tertiary/aromatic N) is 2. The Morgan fingerprint density at radius 2 is 2.05 bits per heavy atom. The van der Waals surface area contributed by atoms with Gasteiger partial charge in [0.15, 0.2) is 0 Å². The lowest BCUT2D eigenvalue weighted by Gasteiger charge is -2.32. The predicted molar refractivity (Wildman–Crippen MR) is 83.3 cm³/mol. The quantitative estimate of drug-likeness (QED) is 0.927. The molecule has 4 nitrogen and oxygen atoms in total. The van der Waals surface area contributed by atoms with Crippen molar-refractivity contribution in [3.63, 3.8) is 0 Å². The van der Waals surface area contributed by atoms with Gasteiger partial charge in [-0.15, -0.1) is 0 Å². The normalized spacial score (nSPS) is 23.1. The van der Waals surface area contributed by atoms with Crippen molar-refractivity contribution in [1.82, 2.24) is 15.1 Å². The third kappa shape index (κ3) is 3.37. The molecule has 4 heteroatoms. The van der Waals surface area contributed by atoms with Gasteiger partial charge in [0.1, 0.15) is 5.78 Å². The van der Waals surface area contributed by atoms with Crippen LogP contribution in [-0.4, -0.2) is 28.7 Å². The molecule has 2 heterocycles. The maximum atomic E-state index is 12.6. The van der Waals surface area contributed by atoms with Crippen molar-refractivity contribution in [2.24, 2.45) is 5.41 Å². The molecular weight excluding hydrogens is 262 g/mol. The van der Waals surface area contributed by atoms with Crippen LogP contribution in [-0.2, 0) is 11.2 Å². The summed E-state index contributed by atoms with van der Waals surface area (Å²) < 4.78 is 2.10. The van der Waals surface area contributed by atoms with E-state index in [0.29, 0.717) is 18.2 Å². The summed E-state index contributed by atoms with van der Waals surface area (Å²) in [5.74, 6) is 0.359. The van der Waals surface area contributed by atoms with Crippen molar-refractivity contribution in [2.75, 3.05) is 13.1 Å². The summed E-state index contributed by atoms with van der Waals surface area (Å²) in [4.78, 5) is 12.6. The molecule has 0 amide bonds. The van der Waals surface area contributed by atoms with E-state index in [1.165, 1.54) is 32.1 Å². The second-order valence-electron chi connectivity index (χ2n) is 6.99. The third-order valence-electron chi connectivity index (χ3n) is 5.33. The summed E-state index contributed by atoms with van der Waals surface area (Å²) in [6.45, 7) is 4.03. The Morgan fingerprint density at radius 1 is 1.33 bits per heavy atom. The van der Waals surface area contributed by atoms with Crippen molar-refractivity contribution < 1.29 is 4.79 Å². The Balaban J connectivity index is 1.62. The highest BCUT2D eigenvalue weighted by molar-refractivity contribution is 5.86. The fourth-order valence-corrected chi connectivity index (χ4v) is 3.66. The highest BCUT2D eigenvalue weighted by Crippen LogP contribution is 2.31. The van der Waals surface area contributed by atoms with Crippen LogP contribution in [0.25, 0.3) is 0 Å². The van der Waals surface area contributed by atoms with E-state index >= 15 is 0 Å². The summed E-state index contributed by atoms with van der Waals surface area (Å²) in [6, 6.07) is 2.59. The SMILES string of the molecule is CC1(C(=O)Cc2ccn(C3CCCCC3)n2)CCNCC1. The number of piperidine rings is 1. The van der Waals surface area contributed by atoms with Crippen LogP contribution in [0.3, 0.4) is 0 Å². The molecule has 0 aromatic carbocycles. The van der Waals surface area contributed by atoms with Gasteiger partial charge >= 0.3 is 0 Å². The van der Waals surface area contributed by atoms with Crippen molar-refractivity contribution in [3.8, 4) is 0 Å². The van der Waals surface area contributed by atoms with Crippen molar-refractivity contribution in [2.45, 2.75) is 64.3 Å². The first-order valence-corrected chi connectivity index (χ1v) is 8.45. The van der Waals surface area contributed by atoms with Gasteiger partial charge in [-0.3, -0.25) is 9.48 Å². The molecule has 1 saturated heterocycles. The Hall–Kier alpha value is -1.16. The highest BCUT2D eigenvalue weighted by Gasteiger charge is 2.34. The number of Topliss-reactive ketones (excluding diaryl/α,β-unsaturated/α-hetero) is 1. The number of ketones is 1. The minimum absolute atomic E-state index is 0.153. The largest absolute Gasteiger partial charge is 0.317 e. The van der Waals surface area contributed by atoms with Crippen LogP contribution in [0.2, 0.25) is 0 Å². The molecule has 0 spiro atoms. The number of hydrogen-bond donors (Lipinski definition) is 1. The highest BCUT2D eigenvalue weighted by atomic mass is 16.1. The van der Waals surface area contributed by atoms with Crippen LogP contribution in [0, 0.1) is 5.41 Å². The van der Waals surface area contributed by atoms with Gasteiger partial charge in [0.25, 0.3) is 0 Å². The molecule has 3 rings (SSSR count). The van der Waals surface area contributed by atoms with Crippen LogP contribution < -0.4 is 5.32 Å². The fourth-order valence-electron chi connectivity index (χ4n) is 3.66. The number of nitrogens with one attached hydrogen (secondary N) is 1. The van der Waals surface area contributed by atoms with Gasteiger partial charge in [0.2, 0.25) is 0 Å². The molecule has 0 radical (unpaired) electrons. The first-order valence-electron chi connectivity index (χ1n) is 8.45. The summed E-state index contributed by atoms with van der Waals surface area (Å²) in [5.41, 5.74) is 0.796. The van der Waals surface area contributed by atoms with Gasteiger partial charge in [-0.05, 0) is 44.8 Å². The van der Waals surface area contributed by atoms with Crippen molar-refractivity contribution in [3.05, 3.63) is 18.0 Å². The molecule has 116 valence electrons. The molecule has 1 aromatic heterocycles. The van der Waals surface area contributed by atoms with E-state index in [9.17, 15) is 4.79 Å². The second kappa shape index (κ2) is 6.30. The Kier molecular flexibility index (Phi) is 4.43. The molecule has 0 bridgehead atoms. The zero-order valence-electron chi connectivity index (χ0n) is 13.1. The maximum absolute atomic E-state index is 12.6. The fraction of sp³-hybridized carbons (Fsp3) is 0.765. The van der Waals surface area contributed by atoms with Gasteiger partial charge in [-0.2, -0.15) is 5.10 Å². The molecule has 1 aliphatic heterocycles. The lowest BCUT2D eigenvalue weighted by atomic mass is 9.76. The maximum Gasteiger partial charge on any atom is 0.144 e. The van der Waals surface area contributed by atoms with Crippen molar-refractivity contribution in [1.29, 1.82) is 0 Å². The molecule has 1 aliphatic carbocycles. The molecular formula is C17H27N3O. The monoisotopic (exact) mass is 289 g/mol. The number of carbonyl (C=O) groups excluding carboxylic acids is 1. The Bertz CT molecular complexity index is 482. The van der Waals surface area contributed by atoms with Crippen LogP contribution in [0.15, 0.2) is 12.3 Å². The average Bonchev–Trinajstić information content (AvgIpc) is 2.97. The first kappa shape index (κ1) is 14.8. The van der Waals surface area contributed by atoms with Gasteiger partial charge in [-0.25, -0.2) is 0 Å². The van der Waals surface area contributed by atoms with E-state index in [4.69, 9.17) is 0 Å². The van der Waals surface area contributed by atoms with E-state index in [1.54, 1.807) is 0 Å². The van der Waals surface area contributed by atoms with Gasteiger partial charge < -0.3 is 5.32 Å². The summed E-state index contributed by atoms with van der Waals surface area (Å²) >= 11 is 0. The molecule has 1 N–H and O–H groups in total. The summed E-state index contributed by atoms with van der Waals surface area (Å²) in [5, 5.41) is 8.01.